The summed E-state index contributed by atoms with van der Waals surface area (Å²) >= 11 is 0. The Balaban J connectivity index is 1.43. The molecule has 4 bridgehead atoms. The predicted octanol–water partition coefficient (Wildman–Crippen LogP) is 4.75. The van der Waals surface area contributed by atoms with Crippen LogP contribution in [0.25, 0.3) is 0 Å². The average Bonchev–Trinajstić information content (AvgIpc) is 3.36. The number of carbonyl (C=O) groups excluding carboxylic acids is 2. The van der Waals surface area contributed by atoms with Crippen molar-refractivity contribution in [2.45, 2.75) is 90.8 Å². The molecule has 27 heavy (non-hydrogen) atoms. The number of ether oxygens (including phenoxy) is 2. The van der Waals surface area contributed by atoms with Gasteiger partial charge in [-0.05, 0) is 86.4 Å². The first kappa shape index (κ1) is 19.3. The summed E-state index contributed by atoms with van der Waals surface area (Å²) in [6, 6.07) is 0. The number of esters is 2. The molecular formula is C23H36O4. The molecule has 0 heterocycles. The van der Waals surface area contributed by atoms with Crippen LogP contribution in [0.4, 0.5) is 0 Å². The van der Waals surface area contributed by atoms with E-state index in [4.69, 9.17) is 9.47 Å². The van der Waals surface area contributed by atoms with E-state index in [-0.39, 0.29) is 30.1 Å². The molecule has 0 N–H and O–H groups in total. The lowest BCUT2D eigenvalue weighted by Crippen LogP contribution is -2.42. The molecule has 4 rings (SSSR count). The smallest absolute Gasteiger partial charge is 0.310 e. The molecule has 0 aliphatic heterocycles. The Morgan fingerprint density at radius 3 is 2.41 bits per heavy atom. The third-order valence-electron chi connectivity index (χ3n) is 8.95. The van der Waals surface area contributed by atoms with Crippen LogP contribution >= 0.6 is 0 Å². The molecule has 0 spiro atoms. The van der Waals surface area contributed by atoms with E-state index in [0.717, 1.165) is 37.0 Å². The van der Waals surface area contributed by atoms with Crippen molar-refractivity contribution >= 4 is 11.9 Å². The van der Waals surface area contributed by atoms with Gasteiger partial charge in [-0.1, -0.05) is 20.8 Å². The lowest BCUT2D eigenvalue weighted by molar-refractivity contribution is -0.173. The maximum atomic E-state index is 12.9. The highest BCUT2D eigenvalue weighted by Gasteiger charge is 2.54. The molecule has 0 saturated heterocycles. The van der Waals surface area contributed by atoms with Gasteiger partial charge in [0.2, 0.25) is 0 Å². The summed E-state index contributed by atoms with van der Waals surface area (Å²) in [5.74, 6) is 3.84. The van der Waals surface area contributed by atoms with Crippen molar-refractivity contribution in [2.24, 2.45) is 41.4 Å². The molecule has 9 atom stereocenters. The van der Waals surface area contributed by atoms with Crippen LogP contribution in [-0.2, 0) is 19.1 Å². The van der Waals surface area contributed by atoms with Gasteiger partial charge in [0.1, 0.15) is 11.7 Å². The monoisotopic (exact) mass is 376 g/mol. The van der Waals surface area contributed by atoms with Gasteiger partial charge in [0, 0.05) is 6.92 Å². The summed E-state index contributed by atoms with van der Waals surface area (Å²) in [7, 11) is 0. The number of rotatable bonds is 6. The lowest BCUT2D eigenvalue weighted by atomic mass is 9.73. The Labute approximate surface area is 163 Å². The van der Waals surface area contributed by atoms with Crippen molar-refractivity contribution in [3.63, 3.8) is 0 Å². The quantitative estimate of drug-likeness (QED) is 0.628. The van der Waals surface area contributed by atoms with Gasteiger partial charge in [-0.2, -0.15) is 0 Å². The second kappa shape index (κ2) is 7.08. The number of fused-ring (bicyclic) bond motifs is 4. The van der Waals surface area contributed by atoms with Crippen LogP contribution in [0.5, 0.6) is 0 Å². The van der Waals surface area contributed by atoms with Crippen molar-refractivity contribution in [1.29, 1.82) is 0 Å². The molecule has 0 amide bonds. The van der Waals surface area contributed by atoms with E-state index in [1.807, 2.05) is 0 Å². The minimum Gasteiger partial charge on any atom is -0.462 e. The third kappa shape index (κ3) is 3.31. The highest BCUT2D eigenvalue weighted by molar-refractivity contribution is 5.72. The maximum Gasteiger partial charge on any atom is 0.310 e. The van der Waals surface area contributed by atoms with Crippen LogP contribution in [0.15, 0.2) is 0 Å². The van der Waals surface area contributed by atoms with Gasteiger partial charge in [-0.25, -0.2) is 0 Å². The molecule has 4 nitrogen and oxygen atoms in total. The third-order valence-corrected chi connectivity index (χ3v) is 8.95. The van der Waals surface area contributed by atoms with Crippen LogP contribution in [0.2, 0.25) is 0 Å². The molecule has 4 aliphatic carbocycles. The van der Waals surface area contributed by atoms with E-state index < -0.39 is 0 Å². The second-order valence-electron chi connectivity index (χ2n) is 10.1. The zero-order valence-electron chi connectivity index (χ0n) is 17.4. The van der Waals surface area contributed by atoms with Gasteiger partial charge in [0.25, 0.3) is 0 Å². The first-order valence-electron chi connectivity index (χ1n) is 11.2. The predicted molar refractivity (Wildman–Crippen MR) is 103 cm³/mol. The number of hydrogen-bond donors (Lipinski definition) is 0. The van der Waals surface area contributed by atoms with Crippen molar-refractivity contribution in [3.05, 3.63) is 0 Å². The largest absolute Gasteiger partial charge is 0.462 e. The molecule has 0 radical (unpaired) electrons. The van der Waals surface area contributed by atoms with Gasteiger partial charge in [-0.15, -0.1) is 0 Å². The fourth-order valence-electron chi connectivity index (χ4n) is 7.38. The molecule has 4 aliphatic rings. The number of carbonyl (C=O) groups is 2. The Hall–Kier alpha value is -1.06. The lowest BCUT2D eigenvalue weighted by Gasteiger charge is -2.38. The molecule has 152 valence electrons. The molecule has 4 heteroatoms. The zero-order chi connectivity index (χ0) is 19.3. The summed E-state index contributed by atoms with van der Waals surface area (Å²) < 4.78 is 11.8. The summed E-state index contributed by atoms with van der Waals surface area (Å²) in [5.41, 5.74) is -0.253. The van der Waals surface area contributed by atoms with Gasteiger partial charge in [0.05, 0.1) is 6.42 Å². The van der Waals surface area contributed by atoms with Crippen molar-refractivity contribution < 1.29 is 19.1 Å². The molecule has 0 aromatic carbocycles. The van der Waals surface area contributed by atoms with Crippen molar-refractivity contribution in [1.82, 2.24) is 0 Å². The fraction of sp³-hybridized carbons (Fsp3) is 0.913. The standard InChI is InChI=1S/C23H36O4/c1-5-23(12-16-6-7-18(23)8-16)27-22(25)11-21(26-15(4)24)20-10-17-9-19(20)14(3)13(17)2/h13-14,16-21H,5-12H2,1-4H3. The fourth-order valence-corrected chi connectivity index (χ4v) is 7.38. The summed E-state index contributed by atoms with van der Waals surface area (Å²) in [6.45, 7) is 8.28. The van der Waals surface area contributed by atoms with E-state index in [1.54, 1.807) is 0 Å². The Morgan fingerprint density at radius 1 is 1.11 bits per heavy atom. The second-order valence-corrected chi connectivity index (χ2v) is 10.1. The molecule has 4 saturated carbocycles. The first-order chi connectivity index (χ1) is 12.8. The van der Waals surface area contributed by atoms with Crippen LogP contribution in [-0.4, -0.2) is 23.6 Å². The highest BCUT2D eigenvalue weighted by Crippen LogP contribution is 2.57. The van der Waals surface area contributed by atoms with Crippen LogP contribution in [0.1, 0.15) is 79.1 Å². The Bertz CT molecular complexity index is 599. The molecule has 4 fully saturated rings. The summed E-state index contributed by atoms with van der Waals surface area (Å²) in [5, 5.41) is 0. The first-order valence-corrected chi connectivity index (χ1v) is 11.2. The van der Waals surface area contributed by atoms with Crippen LogP contribution < -0.4 is 0 Å². The Kier molecular flexibility index (Phi) is 5.05. The normalized spacial score (nSPS) is 45.9. The van der Waals surface area contributed by atoms with E-state index >= 15 is 0 Å². The van der Waals surface area contributed by atoms with E-state index in [2.05, 4.69) is 20.8 Å². The van der Waals surface area contributed by atoms with Gasteiger partial charge >= 0.3 is 11.9 Å². The zero-order valence-corrected chi connectivity index (χ0v) is 17.4. The number of hydrogen-bond acceptors (Lipinski definition) is 4. The molecule has 9 unspecified atom stereocenters. The van der Waals surface area contributed by atoms with Gasteiger partial charge in [-0.3, -0.25) is 9.59 Å². The van der Waals surface area contributed by atoms with Crippen LogP contribution in [0, 0.1) is 41.4 Å². The summed E-state index contributed by atoms with van der Waals surface area (Å²) in [6.07, 6.45) is 7.87. The topological polar surface area (TPSA) is 52.6 Å². The van der Waals surface area contributed by atoms with Gasteiger partial charge in [0.15, 0.2) is 0 Å². The van der Waals surface area contributed by atoms with Gasteiger partial charge < -0.3 is 9.47 Å². The van der Waals surface area contributed by atoms with Crippen LogP contribution in [0.3, 0.4) is 0 Å². The van der Waals surface area contributed by atoms with E-state index in [1.165, 1.54) is 32.6 Å². The minimum atomic E-state index is -0.313. The highest BCUT2D eigenvalue weighted by atomic mass is 16.6. The SMILES string of the molecule is CCC1(OC(=O)CC(OC(C)=O)C2CC3CC2C(C)C3C)CC2CCC1C2. The molecular weight excluding hydrogens is 340 g/mol. The van der Waals surface area contributed by atoms with E-state index in [0.29, 0.717) is 23.7 Å². The minimum absolute atomic E-state index is 0.154. The van der Waals surface area contributed by atoms with Crippen molar-refractivity contribution in [3.8, 4) is 0 Å². The Morgan fingerprint density at radius 2 is 1.89 bits per heavy atom. The maximum absolute atomic E-state index is 12.9. The average molecular weight is 377 g/mol. The van der Waals surface area contributed by atoms with Crippen molar-refractivity contribution in [2.75, 3.05) is 0 Å². The molecule has 0 aromatic heterocycles. The summed E-state index contributed by atoms with van der Waals surface area (Å²) in [4.78, 5) is 24.7. The molecule has 0 aromatic rings. The van der Waals surface area contributed by atoms with E-state index in [9.17, 15) is 9.59 Å².